The quantitative estimate of drug-likeness (QED) is 0.829. The summed E-state index contributed by atoms with van der Waals surface area (Å²) in [5.74, 6) is 0. The predicted molar refractivity (Wildman–Crippen MR) is 84.1 cm³/mol. The van der Waals surface area contributed by atoms with Crippen molar-refractivity contribution in [3.05, 3.63) is 71.3 Å². The highest BCUT2D eigenvalue weighted by molar-refractivity contribution is 5.27. The number of alkyl halides is 3. The van der Waals surface area contributed by atoms with E-state index < -0.39 is 17.8 Å². The molecule has 1 N–H and O–H groups in total. The van der Waals surface area contributed by atoms with Crippen LogP contribution in [0.2, 0.25) is 0 Å². The van der Waals surface area contributed by atoms with E-state index >= 15 is 0 Å². The van der Waals surface area contributed by atoms with Crippen molar-refractivity contribution in [3.8, 4) is 0 Å². The molecule has 0 saturated carbocycles. The number of hydrogen-bond donors (Lipinski definition) is 1. The van der Waals surface area contributed by atoms with E-state index in [9.17, 15) is 13.2 Å². The van der Waals surface area contributed by atoms with Gasteiger partial charge >= 0.3 is 6.18 Å². The van der Waals surface area contributed by atoms with Crippen LogP contribution in [0.25, 0.3) is 0 Å². The van der Waals surface area contributed by atoms with E-state index in [1.165, 1.54) is 13.2 Å². The first-order chi connectivity index (χ1) is 10.9. The molecule has 0 aliphatic heterocycles. The van der Waals surface area contributed by atoms with Crippen molar-refractivity contribution in [1.82, 2.24) is 5.32 Å². The Morgan fingerprint density at radius 1 is 1.00 bits per heavy atom. The van der Waals surface area contributed by atoms with Crippen LogP contribution >= 0.6 is 0 Å². The van der Waals surface area contributed by atoms with Crippen LogP contribution in [-0.2, 0) is 10.9 Å². The van der Waals surface area contributed by atoms with E-state index in [-0.39, 0.29) is 6.04 Å². The predicted octanol–water partition coefficient (Wildman–Crippen LogP) is 4.74. The van der Waals surface area contributed by atoms with Crippen LogP contribution in [0.3, 0.4) is 0 Å². The molecule has 0 aromatic heterocycles. The Bertz CT molecular complexity index is 613. The van der Waals surface area contributed by atoms with Crippen molar-refractivity contribution in [2.45, 2.75) is 25.2 Å². The van der Waals surface area contributed by atoms with Crippen molar-refractivity contribution < 1.29 is 17.9 Å². The van der Waals surface area contributed by atoms with E-state index in [2.05, 4.69) is 5.32 Å². The lowest BCUT2D eigenvalue weighted by Crippen LogP contribution is -2.25. The summed E-state index contributed by atoms with van der Waals surface area (Å²) in [6.07, 6.45) is -4.79. The topological polar surface area (TPSA) is 21.3 Å². The summed E-state index contributed by atoms with van der Waals surface area (Å²) in [6, 6.07) is 15.2. The third kappa shape index (κ3) is 4.81. The zero-order valence-corrected chi connectivity index (χ0v) is 13.1. The Kier molecular flexibility index (Phi) is 5.80. The van der Waals surface area contributed by atoms with Crippen molar-refractivity contribution in [2.24, 2.45) is 0 Å². The molecule has 124 valence electrons. The maximum atomic E-state index is 12.8. The highest BCUT2D eigenvalue weighted by Crippen LogP contribution is 2.31. The van der Waals surface area contributed by atoms with Crippen LogP contribution in [-0.4, -0.2) is 13.7 Å². The number of halogens is 3. The van der Waals surface area contributed by atoms with Crippen LogP contribution < -0.4 is 5.32 Å². The number of benzene rings is 2. The zero-order chi connectivity index (χ0) is 16.9. The van der Waals surface area contributed by atoms with Gasteiger partial charge in [0, 0.05) is 19.7 Å². The van der Waals surface area contributed by atoms with Crippen molar-refractivity contribution in [3.63, 3.8) is 0 Å². The first-order valence-corrected chi connectivity index (χ1v) is 7.40. The molecule has 2 nitrogen and oxygen atoms in total. The van der Waals surface area contributed by atoms with E-state index in [1.807, 2.05) is 37.3 Å². The monoisotopic (exact) mass is 323 g/mol. The van der Waals surface area contributed by atoms with Gasteiger partial charge in [-0.1, -0.05) is 42.5 Å². The Morgan fingerprint density at radius 3 is 2.26 bits per heavy atom. The molecule has 0 amide bonds. The Hall–Kier alpha value is -1.85. The highest BCUT2D eigenvalue weighted by Gasteiger charge is 2.31. The van der Waals surface area contributed by atoms with Gasteiger partial charge in [-0.3, -0.25) is 0 Å². The molecule has 0 bridgehead atoms. The Labute approximate surface area is 134 Å². The van der Waals surface area contributed by atoms with Gasteiger partial charge in [0.2, 0.25) is 0 Å². The SMILES string of the molecule is COC(CNC(C)c1ccccc1)c1cccc(C(F)(F)F)c1. The standard InChI is InChI=1S/C18H20F3NO/c1-13(14-7-4-3-5-8-14)22-12-17(23-2)15-9-6-10-16(11-15)18(19,20)21/h3-11,13,17,22H,12H2,1-2H3. The van der Waals surface area contributed by atoms with E-state index in [0.29, 0.717) is 12.1 Å². The van der Waals surface area contributed by atoms with Gasteiger partial charge in [0.05, 0.1) is 11.7 Å². The summed E-state index contributed by atoms with van der Waals surface area (Å²) in [5.41, 5.74) is 0.967. The third-order valence-corrected chi connectivity index (χ3v) is 3.78. The second-order valence-electron chi connectivity index (χ2n) is 5.39. The van der Waals surface area contributed by atoms with Gasteiger partial charge < -0.3 is 10.1 Å². The summed E-state index contributed by atoms with van der Waals surface area (Å²) in [5, 5.41) is 3.30. The summed E-state index contributed by atoms with van der Waals surface area (Å²) in [6.45, 7) is 2.43. The molecule has 0 fully saturated rings. The molecule has 2 unspecified atom stereocenters. The minimum Gasteiger partial charge on any atom is -0.375 e. The molecular weight excluding hydrogens is 303 g/mol. The lowest BCUT2D eigenvalue weighted by molar-refractivity contribution is -0.137. The van der Waals surface area contributed by atoms with Gasteiger partial charge in [0.1, 0.15) is 0 Å². The maximum Gasteiger partial charge on any atom is 0.416 e. The summed E-state index contributed by atoms with van der Waals surface area (Å²) >= 11 is 0. The van der Waals surface area contributed by atoms with Crippen LogP contribution in [0.15, 0.2) is 54.6 Å². The Balaban J connectivity index is 2.06. The zero-order valence-electron chi connectivity index (χ0n) is 13.1. The number of methoxy groups -OCH3 is 1. The summed E-state index contributed by atoms with van der Waals surface area (Å²) < 4.78 is 43.8. The first kappa shape index (κ1) is 17.5. The molecule has 5 heteroatoms. The average Bonchev–Trinajstić information content (AvgIpc) is 2.55. The average molecular weight is 323 g/mol. The minimum atomic E-state index is -4.35. The molecular formula is C18H20F3NO. The summed E-state index contributed by atoms with van der Waals surface area (Å²) in [4.78, 5) is 0. The number of ether oxygens (including phenoxy) is 1. The van der Waals surface area contributed by atoms with Crippen molar-refractivity contribution in [2.75, 3.05) is 13.7 Å². The molecule has 0 aliphatic carbocycles. The fourth-order valence-corrected chi connectivity index (χ4v) is 2.40. The van der Waals surface area contributed by atoms with Crippen LogP contribution in [0.5, 0.6) is 0 Å². The van der Waals surface area contributed by atoms with Gasteiger partial charge in [0.15, 0.2) is 0 Å². The molecule has 0 saturated heterocycles. The molecule has 0 heterocycles. The van der Waals surface area contributed by atoms with Gasteiger partial charge in [0.25, 0.3) is 0 Å². The smallest absolute Gasteiger partial charge is 0.375 e. The largest absolute Gasteiger partial charge is 0.416 e. The normalized spacial score (nSPS) is 14.5. The number of hydrogen-bond acceptors (Lipinski definition) is 2. The maximum absolute atomic E-state index is 12.8. The van der Waals surface area contributed by atoms with Gasteiger partial charge in [-0.15, -0.1) is 0 Å². The molecule has 2 atom stereocenters. The number of rotatable bonds is 6. The first-order valence-electron chi connectivity index (χ1n) is 7.40. The second kappa shape index (κ2) is 7.62. The van der Waals surface area contributed by atoms with Crippen LogP contribution in [0, 0.1) is 0 Å². The fourth-order valence-electron chi connectivity index (χ4n) is 2.40. The highest BCUT2D eigenvalue weighted by atomic mass is 19.4. The van der Waals surface area contributed by atoms with E-state index in [1.54, 1.807) is 6.07 Å². The Morgan fingerprint density at radius 2 is 1.65 bits per heavy atom. The van der Waals surface area contributed by atoms with Gasteiger partial charge in [-0.2, -0.15) is 13.2 Å². The summed E-state index contributed by atoms with van der Waals surface area (Å²) in [7, 11) is 1.50. The molecule has 23 heavy (non-hydrogen) atoms. The van der Waals surface area contributed by atoms with Crippen LogP contribution in [0.1, 0.15) is 35.8 Å². The van der Waals surface area contributed by atoms with Crippen molar-refractivity contribution >= 4 is 0 Å². The van der Waals surface area contributed by atoms with Gasteiger partial charge in [-0.05, 0) is 30.2 Å². The molecule has 2 aromatic rings. The molecule has 2 rings (SSSR count). The minimum absolute atomic E-state index is 0.0830. The van der Waals surface area contributed by atoms with E-state index in [4.69, 9.17) is 4.74 Å². The second-order valence-corrected chi connectivity index (χ2v) is 5.39. The third-order valence-electron chi connectivity index (χ3n) is 3.78. The molecule has 0 aliphatic rings. The molecule has 0 radical (unpaired) electrons. The lowest BCUT2D eigenvalue weighted by Gasteiger charge is -2.21. The van der Waals surface area contributed by atoms with Crippen LogP contribution in [0.4, 0.5) is 13.2 Å². The number of nitrogens with one attached hydrogen (secondary N) is 1. The molecule has 2 aromatic carbocycles. The molecule has 0 spiro atoms. The van der Waals surface area contributed by atoms with Gasteiger partial charge in [-0.25, -0.2) is 0 Å². The lowest BCUT2D eigenvalue weighted by atomic mass is 10.0. The van der Waals surface area contributed by atoms with Crippen molar-refractivity contribution in [1.29, 1.82) is 0 Å². The van der Waals surface area contributed by atoms with E-state index in [0.717, 1.165) is 17.7 Å². The fraction of sp³-hybridized carbons (Fsp3) is 0.333.